The van der Waals surface area contributed by atoms with Crippen molar-refractivity contribution in [2.75, 3.05) is 33.9 Å². The van der Waals surface area contributed by atoms with Crippen LogP contribution in [0.5, 0.6) is 0 Å². The van der Waals surface area contributed by atoms with Crippen LogP contribution >= 0.6 is 0 Å². The highest BCUT2D eigenvalue weighted by Gasteiger charge is 2.30. The van der Waals surface area contributed by atoms with Gasteiger partial charge in [0.05, 0.1) is 6.10 Å². The molecule has 0 bridgehead atoms. The Labute approximate surface area is 84.1 Å². The Hall–Kier alpha value is -0.650. The van der Waals surface area contributed by atoms with Gasteiger partial charge in [0.15, 0.2) is 0 Å². The van der Waals surface area contributed by atoms with Crippen LogP contribution in [0.25, 0.3) is 0 Å². The van der Waals surface area contributed by atoms with E-state index in [1.807, 2.05) is 0 Å². The normalized spacial score (nSPS) is 23.9. The Morgan fingerprint density at radius 3 is 2.79 bits per heavy atom. The predicted molar refractivity (Wildman–Crippen MR) is 51.8 cm³/mol. The number of nitrogens with zero attached hydrogens (tertiary/aromatic N) is 1. The van der Waals surface area contributed by atoms with E-state index in [-0.39, 0.29) is 18.6 Å². The van der Waals surface area contributed by atoms with Gasteiger partial charge in [-0.25, -0.2) is 0 Å². The van der Waals surface area contributed by atoms with Crippen molar-refractivity contribution in [1.29, 1.82) is 0 Å². The zero-order valence-corrected chi connectivity index (χ0v) is 8.73. The molecular formula is C9H18N2O3. The van der Waals surface area contributed by atoms with Crippen LogP contribution in [0.1, 0.15) is 6.42 Å². The van der Waals surface area contributed by atoms with Crippen molar-refractivity contribution in [3.8, 4) is 0 Å². The third kappa shape index (κ3) is 2.43. The Morgan fingerprint density at radius 1 is 1.64 bits per heavy atom. The molecular weight excluding hydrogens is 184 g/mol. The van der Waals surface area contributed by atoms with Gasteiger partial charge in [-0.15, -0.1) is 0 Å². The molecule has 14 heavy (non-hydrogen) atoms. The van der Waals surface area contributed by atoms with Gasteiger partial charge in [-0.2, -0.15) is 0 Å². The summed E-state index contributed by atoms with van der Waals surface area (Å²) >= 11 is 0. The van der Waals surface area contributed by atoms with Crippen LogP contribution in [-0.2, 0) is 14.3 Å². The van der Waals surface area contributed by atoms with E-state index in [0.29, 0.717) is 6.54 Å². The maximum Gasteiger partial charge on any atom is 0.253 e. The van der Waals surface area contributed by atoms with Crippen molar-refractivity contribution in [3.05, 3.63) is 0 Å². The molecule has 1 amide bonds. The van der Waals surface area contributed by atoms with Gasteiger partial charge < -0.3 is 20.1 Å². The molecule has 2 atom stereocenters. The monoisotopic (exact) mass is 202 g/mol. The quantitative estimate of drug-likeness (QED) is 0.648. The first kappa shape index (κ1) is 11.4. The van der Waals surface area contributed by atoms with Crippen LogP contribution in [0, 0.1) is 0 Å². The van der Waals surface area contributed by atoms with Crippen LogP contribution in [0.15, 0.2) is 0 Å². The number of likely N-dealkylation sites (tertiary alicyclic amines) is 1. The van der Waals surface area contributed by atoms with Gasteiger partial charge in [-0.1, -0.05) is 0 Å². The lowest BCUT2D eigenvalue weighted by Crippen LogP contribution is -2.42. The fourth-order valence-corrected chi connectivity index (χ4v) is 1.62. The second-order valence-corrected chi connectivity index (χ2v) is 3.39. The van der Waals surface area contributed by atoms with E-state index in [9.17, 15) is 4.79 Å². The Balaban J connectivity index is 2.45. The van der Waals surface area contributed by atoms with E-state index in [2.05, 4.69) is 0 Å². The molecule has 0 saturated carbocycles. The van der Waals surface area contributed by atoms with Crippen molar-refractivity contribution in [1.82, 2.24) is 4.90 Å². The van der Waals surface area contributed by atoms with Crippen LogP contribution < -0.4 is 5.73 Å². The first-order chi connectivity index (χ1) is 6.72. The Morgan fingerprint density at radius 2 is 2.36 bits per heavy atom. The largest absolute Gasteiger partial charge is 0.380 e. The smallest absolute Gasteiger partial charge is 0.253 e. The third-order valence-electron chi connectivity index (χ3n) is 2.56. The van der Waals surface area contributed by atoms with E-state index in [1.165, 1.54) is 7.11 Å². The number of hydrogen-bond donors (Lipinski definition) is 1. The summed E-state index contributed by atoms with van der Waals surface area (Å²) < 4.78 is 10.2. The molecule has 1 fully saturated rings. The molecule has 0 aromatic rings. The van der Waals surface area contributed by atoms with Gasteiger partial charge in [0, 0.05) is 33.9 Å². The van der Waals surface area contributed by atoms with E-state index in [1.54, 1.807) is 12.0 Å². The maximum atomic E-state index is 11.7. The maximum absolute atomic E-state index is 11.7. The molecule has 2 N–H and O–H groups in total. The summed E-state index contributed by atoms with van der Waals surface area (Å²) in [5.74, 6) is -0.0328. The fraction of sp³-hybridized carbons (Fsp3) is 0.889. The van der Waals surface area contributed by atoms with E-state index in [0.717, 1.165) is 13.0 Å². The molecule has 5 heteroatoms. The van der Waals surface area contributed by atoms with Gasteiger partial charge in [0.25, 0.3) is 5.91 Å². The summed E-state index contributed by atoms with van der Waals surface area (Å²) in [7, 11) is 3.16. The molecule has 1 unspecified atom stereocenters. The lowest BCUT2D eigenvalue weighted by atomic mass is 10.3. The van der Waals surface area contributed by atoms with Crippen LogP contribution in [0.2, 0.25) is 0 Å². The van der Waals surface area contributed by atoms with Gasteiger partial charge in [0.1, 0.15) is 6.10 Å². The van der Waals surface area contributed by atoms with E-state index >= 15 is 0 Å². The fourth-order valence-electron chi connectivity index (χ4n) is 1.62. The Bertz CT molecular complexity index is 194. The summed E-state index contributed by atoms with van der Waals surface area (Å²) in [6.45, 7) is 1.61. The molecule has 0 aromatic heterocycles. The SMILES string of the molecule is COC(CN)C(=O)N1CC[C@@H](OC)C1. The zero-order chi connectivity index (χ0) is 10.6. The lowest BCUT2D eigenvalue weighted by Gasteiger charge is -2.21. The average molecular weight is 202 g/mol. The number of hydrogen-bond acceptors (Lipinski definition) is 4. The topological polar surface area (TPSA) is 64.8 Å². The molecule has 0 spiro atoms. The molecule has 0 aromatic carbocycles. The molecule has 1 aliphatic heterocycles. The summed E-state index contributed by atoms with van der Waals surface area (Å²) in [4.78, 5) is 13.5. The van der Waals surface area contributed by atoms with E-state index in [4.69, 9.17) is 15.2 Å². The molecule has 1 aliphatic rings. The summed E-state index contributed by atoms with van der Waals surface area (Å²) in [5, 5.41) is 0. The summed E-state index contributed by atoms with van der Waals surface area (Å²) in [6.07, 6.45) is 0.545. The van der Waals surface area contributed by atoms with Crippen LogP contribution in [-0.4, -0.2) is 56.9 Å². The number of amides is 1. The van der Waals surface area contributed by atoms with Gasteiger partial charge in [0.2, 0.25) is 0 Å². The second-order valence-electron chi connectivity index (χ2n) is 3.39. The second kappa shape index (κ2) is 5.29. The standard InChI is InChI=1S/C9H18N2O3/c1-13-7-3-4-11(6-7)9(12)8(5-10)14-2/h7-8H,3-6,10H2,1-2H3/t7-,8?/m1/s1. The van der Waals surface area contributed by atoms with Crippen LogP contribution in [0.3, 0.4) is 0 Å². The Kier molecular flexibility index (Phi) is 4.31. The number of carbonyl (C=O) groups excluding carboxylic acids is 1. The number of methoxy groups -OCH3 is 2. The molecule has 5 nitrogen and oxygen atoms in total. The van der Waals surface area contributed by atoms with Crippen molar-refractivity contribution in [2.45, 2.75) is 18.6 Å². The zero-order valence-electron chi connectivity index (χ0n) is 8.73. The van der Waals surface area contributed by atoms with Crippen LogP contribution in [0.4, 0.5) is 0 Å². The van der Waals surface area contributed by atoms with E-state index < -0.39 is 6.10 Å². The third-order valence-corrected chi connectivity index (χ3v) is 2.56. The summed E-state index contributed by atoms with van der Waals surface area (Å²) in [6, 6.07) is 0. The van der Waals surface area contributed by atoms with Crippen molar-refractivity contribution < 1.29 is 14.3 Å². The number of nitrogens with two attached hydrogens (primary N) is 1. The average Bonchev–Trinajstić information content (AvgIpc) is 2.67. The predicted octanol–water partition coefficient (Wildman–Crippen LogP) is -0.793. The lowest BCUT2D eigenvalue weighted by molar-refractivity contribution is -0.140. The highest BCUT2D eigenvalue weighted by molar-refractivity contribution is 5.81. The molecule has 82 valence electrons. The molecule has 1 rings (SSSR count). The number of ether oxygens (including phenoxy) is 2. The minimum Gasteiger partial charge on any atom is -0.380 e. The molecule has 1 heterocycles. The van der Waals surface area contributed by atoms with Crippen molar-refractivity contribution in [3.63, 3.8) is 0 Å². The van der Waals surface area contributed by atoms with Gasteiger partial charge in [-0.3, -0.25) is 4.79 Å². The highest BCUT2D eigenvalue weighted by Crippen LogP contribution is 2.13. The number of rotatable bonds is 4. The number of carbonyl (C=O) groups is 1. The summed E-state index contributed by atoms with van der Waals surface area (Å²) in [5.41, 5.74) is 5.42. The van der Waals surface area contributed by atoms with Crippen molar-refractivity contribution >= 4 is 5.91 Å². The molecule has 1 saturated heterocycles. The first-order valence-electron chi connectivity index (χ1n) is 4.77. The minimum atomic E-state index is -0.509. The van der Waals surface area contributed by atoms with Gasteiger partial charge in [-0.05, 0) is 6.42 Å². The van der Waals surface area contributed by atoms with Gasteiger partial charge >= 0.3 is 0 Å². The van der Waals surface area contributed by atoms with Crippen molar-refractivity contribution in [2.24, 2.45) is 5.73 Å². The molecule has 0 aliphatic carbocycles. The minimum absolute atomic E-state index is 0.0328. The highest BCUT2D eigenvalue weighted by atomic mass is 16.5. The first-order valence-corrected chi connectivity index (χ1v) is 4.77. The molecule has 0 radical (unpaired) electrons.